The molecule has 1 saturated carbocycles. The summed E-state index contributed by atoms with van der Waals surface area (Å²) in [5.41, 5.74) is 0.568. The van der Waals surface area contributed by atoms with Gasteiger partial charge in [0.15, 0.2) is 0 Å². The van der Waals surface area contributed by atoms with E-state index in [2.05, 4.69) is 12.2 Å². The van der Waals surface area contributed by atoms with Crippen LogP contribution >= 0.6 is 0 Å². The Hall–Kier alpha value is -0.930. The molecule has 0 aromatic heterocycles. The van der Waals surface area contributed by atoms with Crippen molar-refractivity contribution < 1.29 is 9.50 Å². The highest BCUT2D eigenvalue weighted by Gasteiger charge is 2.33. The smallest absolute Gasteiger partial charge is 0.123 e. The van der Waals surface area contributed by atoms with E-state index in [1.807, 2.05) is 6.07 Å². The minimum atomic E-state index is -0.465. The zero-order valence-corrected chi connectivity index (χ0v) is 11.0. The van der Waals surface area contributed by atoms with Gasteiger partial charge in [-0.15, -0.1) is 0 Å². The molecule has 0 spiro atoms. The Balaban J connectivity index is 1.69. The number of nitrogens with one attached hydrogen (secondary N) is 1. The van der Waals surface area contributed by atoms with Crippen LogP contribution in [0.2, 0.25) is 0 Å². The average molecular weight is 251 g/mol. The number of hydrogen-bond acceptors (Lipinski definition) is 2. The van der Waals surface area contributed by atoms with Gasteiger partial charge in [0.1, 0.15) is 5.82 Å². The maximum absolute atomic E-state index is 13.0. The largest absolute Gasteiger partial charge is 0.389 e. The van der Waals surface area contributed by atoms with Gasteiger partial charge in [-0.3, -0.25) is 0 Å². The molecule has 0 radical (unpaired) electrons. The Morgan fingerprint density at radius 3 is 2.83 bits per heavy atom. The van der Waals surface area contributed by atoms with E-state index in [-0.39, 0.29) is 5.82 Å². The van der Waals surface area contributed by atoms with Gasteiger partial charge in [-0.05, 0) is 56.7 Å². The van der Waals surface area contributed by atoms with Crippen molar-refractivity contribution in [2.75, 3.05) is 6.54 Å². The summed E-state index contributed by atoms with van der Waals surface area (Å²) in [6, 6.07) is 7.11. The molecule has 2 rings (SSSR count). The predicted molar refractivity (Wildman–Crippen MR) is 71.0 cm³/mol. The molecule has 1 aliphatic rings. The van der Waals surface area contributed by atoms with E-state index >= 15 is 0 Å². The minimum absolute atomic E-state index is 0.170. The van der Waals surface area contributed by atoms with Gasteiger partial charge in [0.05, 0.1) is 5.60 Å². The van der Waals surface area contributed by atoms with E-state index in [0.717, 1.165) is 37.7 Å². The van der Waals surface area contributed by atoms with Crippen molar-refractivity contribution in [3.8, 4) is 0 Å². The summed E-state index contributed by atoms with van der Waals surface area (Å²) in [7, 11) is 0. The summed E-state index contributed by atoms with van der Waals surface area (Å²) < 4.78 is 13.0. The highest BCUT2D eigenvalue weighted by Crippen LogP contribution is 2.30. The lowest BCUT2D eigenvalue weighted by Crippen LogP contribution is -2.48. The quantitative estimate of drug-likeness (QED) is 0.814. The third-order valence-corrected chi connectivity index (χ3v) is 3.82. The molecule has 1 unspecified atom stereocenters. The van der Waals surface area contributed by atoms with E-state index < -0.39 is 5.60 Å². The summed E-state index contributed by atoms with van der Waals surface area (Å²) in [5, 5.41) is 13.3. The maximum atomic E-state index is 13.0. The lowest BCUT2D eigenvalue weighted by Gasteiger charge is -2.37. The Bertz CT molecular complexity index is 390. The van der Waals surface area contributed by atoms with Crippen molar-refractivity contribution >= 4 is 0 Å². The normalized spacial score (nSPS) is 19.3. The molecule has 1 atom stereocenters. The number of hydrogen-bond donors (Lipinski definition) is 2. The number of rotatable bonds is 6. The van der Waals surface area contributed by atoms with E-state index in [1.54, 1.807) is 12.1 Å². The van der Waals surface area contributed by atoms with Gasteiger partial charge in [0.2, 0.25) is 0 Å². The molecule has 0 heterocycles. The zero-order valence-electron chi connectivity index (χ0n) is 11.0. The lowest BCUT2D eigenvalue weighted by molar-refractivity contribution is -0.0330. The van der Waals surface area contributed by atoms with Crippen LogP contribution in [-0.2, 0) is 6.42 Å². The third-order valence-electron chi connectivity index (χ3n) is 3.82. The standard InChI is InChI=1S/C15H22FNO/c1-12(17-11-15(18)8-3-9-15)6-7-13-4-2-5-14(16)10-13/h2,4-5,10,12,17-18H,3,6-9,11H2,1H3. The SMILES string of the molecule is CC(CCc1cccc(F)c1)NCC1(O)CCC1. The molecule has 1 fully saturated rings. The van der Waals surface area contributed by atoms with Gasteiger partial charge in [-0.25, -0.2) is 4.39 Å². The molecule has 0 amide bonds. The number of aryl methyl sites for hydroxylation is 1. The fourth-order valence-electron chi connectivity index (χ4n) is 2.30. The van der Waals surface area contributed by atoms with Gasteiger partial charge in [-0.1, -0.05) is 12.1 Å². The number of benzene rings is 1. The first-order chi connectivity index (χ1) is 8.57. The van der Waals surface area contributed by atoms with Crippen molar-refractivity contribution in [2.45, 2.75) is 50.7 Å². The van der Waals surface area contributed by atoms with Gasteiger partial charge in [0, 0.05) is 12.6 Å². The molecular weight excluding hydrogens is 229 g/mol. The van der Waals surface area contributed by atoms with Gasteiger partial charge in [-0.2, -0.15) is 0 Å². The van der Waals surface area contributed by atoms with E-state index in [0.29, 0.717) is 12.6 Å². The maximum Gasteiger partial charge on any atom is 0.123 e. The molecule has 2 nitrogen and oxygen atoms in total. The first-order valence-electron chi connectivity index (χ1n) is 6.78. The molecule has 1 aliphatic carbocycles. The molecule has 1 aromatic carbocycles. The monoisotopic (exact) mass is 251 g/mol. The Kier molecular flexibility index (Phi) is 4.36. The number of aliphatic hydroxyl groups is 1. The van der Waals surface area contributed by atoms with Crippen LogP contribution < -0.4 is 5.32 Å². The van der Waals surface area contributed by atoms with Crippen LogP contribution in [-0.4, -0.2) is 23.3 Å². The van der Waals surface area contributed by atoms with E-state index in [9.17, 15) is 9.50 Å². The van der Waals surface area contributed by atoms with Crippen LogP contribution in [0.25, 0.3) is 0 Å². The van der Waals surface area contributed by atoms with Crippen LogP contribution in [0.3, 0.4) is 0 Å². The first kappa shape index (κ1) is 13.5. The second kappa shape index (κ2) is 5.81. The van der Waals surface area contributed by atoms with Crippen molar-refractivity contribution in [1.29, 1.82) is 0 Å². The first-order valence-corrected chi connectivity index (χ1v) is 6.78. The van der Waals surface area contributed by atoms with Crippen LogP contribution in [0.4, 0.5) is 4.39 Å². The molecule has 18 heavy (non-hydrogen) atoms. The molecule has 2 N–H and O–H groups in total. The highest BCUT2D eigenvalue weighted by atomic mass is 19.1. The fraction of sp³-hybridized carbons (Fsp3) is 0.600. The second-order valence-corrected chi connectivity index (χ2v) is 5.53. The summed E-state index contributed by atoms with van der Waals surface area (Å²) in [4.78, 5) is 0. The van der Waals surface area contributed by atoms with Crippen LogP contribution in [0.1, 0.15) is 38.2 Å². The fourth-order valence-corrected chi connectivity index (χ4v) is 2.30. The van der Waals surface area contributed by atoms with Crippen molar-refractivity contribution in [1.82, 2.24) is 5.32 Å². The van der Waals surface area contributed by atoms with Crippen LogP contribution in [0.5, 0.6) is 0 Å². The highest BCUT2D eigenvalue weighted by molar-refractivity contribution is 5.16. The zero-order chi connectivity index (χ0) is 13.0. The lowest BCUT2D eigenvalue weighted by atomic mass is 9.80. The summed E-state index contributed by atoms with van der Waals surface area (Å²) in [5.74, 6) is -0.170. The van der Waals surface area contributed by atoms with Gasteiger partial charge < -0.3 is 10.4 Å². The summed E-state index contributed by atoms with van der Waals surface area (Å²) >= 11 is 0. The molecule has 0 saturated heterocycles. The molecule has 0 bridgehead atoms. The molecule has 1 aromatic rings. The van der Waals surface area contributed by atoms with E-state index in [4.69, 9.17) is 0 Å². The minimum Gasteiger partial charge on any atom is -0.389 e. The molecule has 3 heteroatoms. The predicted octanol–water partition coefficient (Wildman–Crippen LogP) is 2.65. The summed E-state index contributed by atoms with van der Waals surface area (Å²) in [6.07, 6.45) is 4.78. The Morgan fingerprint density at radius 2 is 2.22 bits per heavy atom. The van der Waals surface area contributed by atoms with Gasteiger partial charge >= 0.3 is 0 Å². The van der Waals surface area contributed by atoms with Crippen LogP contribution in [0, 0.1) is 5.82 Å². The number of halogens is 1. The van der Waals surface area contributed by atoms with Gasteiger partial charge in [0.25, 0.3) is 0 Å². The second-order valence-electron chi connectivity index (χ2n) is 5.53. The molecule has 0 aliphatic heterocycles. The Labute approximate surface area is 108 Å². The van der Waals surface area contributed by atoms with Crippen LogP contribution in [0.15, 0.2) is 24.3 Å². The van der Waals surface area contributed by atoms with E-state index in [1.165, 1.54) is 6.07 Å². The summed E-state index contributed by atoms with van der Waals surface area (Å²) in [6.45, 7) is 2.79. The van der Waals surface area contributed by atoms with Crippen molar-refractivity contribution in [3.63, 3.8) is 0 Å². The Morgan fingerprint density at radius 1 is 1.44 bits per heavy atom. The molecule has 100 valence electrons. The van der Waals surface area contributed by atoms with Crippen molar-refractivity contribution in [3.05, 3.63) is 35.6 Å². The average Bonchev–Trinajstić information content (AvgIpc) is 2.31. The van der Waals surface area contributed by atoms with Crippen molar-refractivity contribution in [2.24, 2.45) is 0 Å². The third kappa shape index (κ3) is 3.79. The topological polar surface area (TPSA) is 32.3 Å². The molecular formula is C15H22FNO.